The Morgan fingerprint density at radius 2 is 2.33 bits per heavy atom. The lowest BCUT2D eigenvalue weighted by molar-refractivity contribution is 0.408. The fraction of sp³-hybridized carbons (Fsp3) is 0.364. The number of imidazole rings is 1. The quantitative estimate of drug-likeness (QED) is 0.789. The van der Waals surface area contributed by atoms with Crippen molar-refractivity contribution >= 4 is 5.82 Å². The molecule has 0 atom stereocenters. The molecule has 7 heteroatoms. The topological polar surface area (TPSA) is 84.8 Å². The van der Waals surface area contributed by atoms with Crippen LogP contribution in [0.5, 0.6) is 5.75 Å². The van der Waals surface area contributed by atoms with E-state index in [1.54, 1.807) is 6.20 Å². The van der Waals surface area contributed by atoms with E-state index >= 15 is 0 Å². The summed E-state index contributed by atoms with van der Waals surface area (Å²) in [6.45, 7) is 0.623. The lowest BCUT2D eigenvalue weighted by atomic mass is 10.4. The maximum Gasteiger partial charge on any atom is 0.295 e. The van der Waals surface area contributed by atoms with Crippen LogP contribution in [0.4, 0.5) is 5.82 Å². The van der Waals surface area contributed by atoms with Crippen molar-refractivity contribution in [2.45, 2.75) is 6.42 Å². The van der Waals surface area contributed by atoms with E-state index in [-0.39, 0.29) is 11.3 Å². The fourth-order valence-corrected chi connectivity index (χ4v) is 1.63. The lowest BCUT2D eigenvalue weighted by Crippen LogP contribution is -2.16. The zero-order valence-corrected chi connectivity index (χ0v) is 10.3. The van der Waals surface area contributed by atoms with Gasteiger partial charge in [0.25, 0.3) is 5.56 Å². The molecule has 2 aromatic rings. The van der Waals surface area contributed by atoms with Crippen LogP contribution in [-0.4, -0.2) is 33.2 Å². The van der Waals surface area contributed by atoms with Gasteiger partial charge in [-0.3, -0.25) is 4.79 Å². The van der Waals surface area contributed by atoms with E-state index in [0.29, 0.717) is 12.4 Å². The normalized spacial score (nSPS) is 10.3. The minimum Gasteiger partial charge on any atom is -0.489 e. The number of aromatic nitrogens is 4. The van der Waals surface area contributed by atoms with Crippen LogP contribution in [0.2, 0.25) is 0 Å². The zero-order chi connectivity index (χ0) is 13.0. The highest BCUT2D eigenvalue weighted by atomic mass is 16.5. The Kier molecular flexibility index (Phi) is 3.61. The fourth-order valence-electron chi connectivity index (χ4n) is 1.63. The summed E-state index contributed by atoms with van der Waals surface area (Å²) >= 11 is 0. The molecule has 0 radical (unpaired) electrons. The van der Waals surface area contributed by atoms with Crippen molar-refractivity contribution in [1.29, 1.82) is 0 Å². The third-order valence-electron chi connectivity index (χ3n) is 2.58. The van der Waals surface area contributed by atoms with Gasteiger partial charge in [-0.15, -0.1) is 0 Å². The number of aryl methyl sites for hydroxylation is 1. The van der Waals surface area contributed by atoms with Gasteiger partial charge in [0.1, 0.15) is 5.82 Å². The van der Waals surface area contributed by atoms with Crippen molar-refractivity contribution in [1.82, 2.24) is 19.5 Å². The Labute approximate surface area is 104 Å². The third-order valence-corrected chi connectivity index (χ3v) is 2.58. The van der Waals surface area contributed by atoms with Gasteiger partial charge in [0.2, 0.25) is 5.75 Å². The maximum absolute atomic E-state index is 11.4. The highest BCUT2D eigenvalue weighted by molar-refractivity contribution is 5.47. The summed E-state index contributed by atoms with van der Waals surface area (Å²) < 4.78 is 6.95. The van der Waals surface area contributed by atoms with Crippen molar-refractivity contribution in [3.05, 3.63) is 34.9 Å². The monoisotopic (exact) mass is 249 g/mol. The molecule has 0 fully saturated rings. The summed E-state index contributed by atoms with van der Waals surface area (Å²) in [4.78, 5) is 22.1. The Balaban J connectivity index is 2.01. The Bertz CT molecular complexity index is 575. The predicted octanol–water partition coefficient (Wildman–Crippen LogP) is 0.167. The van der Waals surface area contributed by atoms with Crippen molar-refractivity contribution < 1.29 is 4.74 Å². The number of ether oxygens (including phenoxy) is 1. The standard InChI is InChI=1S/C11H15N5O2/c1-16-6-5-12-8(16)3-4-13-10-9(18-2)11(17)15-7-14-10/h5-7H,3-4H2,1-2H3,(H2,13,14,15,17). The van der Waals surface area contributed by atoms with Crippen LogP contribution in [0.25, 0.3) is 0 Å². The van der Waals surface area contributed by atoms with E-state index in [2.05, 4.69) is 20.3 Å². The van der Waals surface area contributed by atoms with Gasteiger partial charge in [-0.25, -0.2) is 9.97 Å². The number of hydrogen-bond acceptors (Lipinski definition) is 5. The predicted molar refractivity (Wildman–Crippen MR) is 66.8 cm³/mol. The summed E-state index contributed by atoms with van der Waals surface area (Å²) in [6, 6.07) is 0. The molecule has 0 aromatic carbocycles. The highest BCUT2D eigenvalue weighted by Crippen LogP contribution is 2.13. The number of anilines is 1. The minimum absolute atomic E-state index is 0.192. The largest absolute Gasteiger partial charge is 0.489 e. The summed E-state index contributed by atoms with van der Waals surface area (Å²) in [5.74, 6) is 1.60. The zero-order valence-electron chi connectivity index (χ0n) is 10.3. The van der Waals surface area contributed by atoms with Gasteiger partial charge in [-0.2, -0.15) is 0 Å². The molecule has 7 nitrogen and oxygen atoms in total. The van der Waals surface area contributed by atoms with Crippen LogP contribution < -0.4 is 15.6 Å². The second kappa shape index (κ2) is 5.35. The molecule has 0 unspecified atom stereocenters. The molecule has 0 saturated heterocycles. The van der Waals surface area contributed by atoms with E-state index in [1.807, 2.05) is 17.8 Å². The van der Waals surface area contributed by atoms with Gasteiger partial charge in [0.05, 0.1) is 13.4 Å². The number of methoxy groups -OCH3 is 1. The number of nitrogens with zero attached hydrogens (tertiary/aromatic N) is 3. The summed E-state index contributed by atoms with van der Waals surface area (Å²) in [5.41, 5.74) is -0.299. The third kappa shape index (κ3) is 2.50. The van der Waals surface area contributed by atoms with E-state index in [9.17, 15) is 4.79 Å². The summed E-state index contributed by atoms with van der Waals surface area (Å²) in [6.07, 6.45) is 5.72. The van der Waals surface area contributed by atoms with Gasteiger partial charge < -0.3 is 19.6 Å². The molecule has 0 aliphatic carbocycles. The molecule has 2 heterocycles. The first-order valence-electron chi connectivity index (χ1n) is 5.54. The molecule has 0 spiro atoms. The van der Waals surface area contributed by atoms with Gasteiger partial charge in [0, 0.05) is 32.4 Å². The first kappa shape index (κ1) is 12.2. The minimum atomic E-state index is -0.299. The van der Waals surface area contributed by atoms with Gasteiger partial charge >= 0.3 is 0 Å². The second-order valence-electron chi connectivity index (χ2n) is 3.74. The molecule has 0 bridgehead atoms. The summed E-state index contributed by atoms with van der Waals surface area (Å²) in [5, 5.41) is 3.06. The van der Waals surface area contributed by atoms with Gasteiger partial charge in [0.15, 0.2) is 5.82 Å². The van der Waals surface area contributed by atoms with Crippen LogP contribution in [-0.2, 0) is 13.5 Å². The number of aromatic amines is 1. The average molecular weight is 249 g/mol. The molecule has 96 valence electrons. The number of rotatable bonds is 5. The molecular formula is C11H15N5O2. The average Bonchev–Trinajstić information content (AvgIpc) is 2.75. The van der Waals surface area contributed by atoms with Crippen LogP contribution >= 0.6 is 0 Å². The summed E-state index contributed by atoms with van der Waals surface area (Å²) in [7, 11) is 3.38. The molecular weight excluding hydrogens is 234 g/mol. The van der Waals surface area contributed by atoms with Gasteiger partial charge in [-0.1, -0.05) is 0 Å². The van der Waals surface area contributed by atoms with Crippen LogP contribution in [0.15, 0.2) is 23.5 Å². The highest BCUT2D eigenvalue weighted by Gasteiger charge is 2.08. The number of nitrogens with one attached hydrogen (secondary N) is 2. The molecule has 18 heavy (non-hydrogen) atoms. The molecule has 2 rings (SSSR count). The van der Waals surface area contributed by atoms with E-state index in [1.165, 1.54) is 13.4 Å². The number of hydrogen-bond donors (Lipinski definition) is 2. The molecule has 0 saturated carbocycles. The smallest absolute Gasteiger partial charge is 0.295 e. The van der Waals surface area contributed by atoms with Gasteiger partial charge in [-0.05, 0) is 0 Å². The number of H-pyrrole nitrogens is 1. The maximum atomic E-state index is 11.4. The SMILES string of the molecule is COc1c(NCCc2nccn2C)nc[nH]c1=O. The van der Waals surface area contributed by atoms with Crippen molar-refractivity contribution in [3.8, 4) is 5.75 Å². The first-order valence-corrected chi connectivity index (χ1v) is 5.54. The Morgan fingerprint density at radius 1 is 1.50 bits per heavy atom. The Hall–Kier alpha value is -2.31. The van der Waals surface area contributed by atoms with Crippen molar-refractivity contribution in [2.24, 2.45) is 7.05 Å². The van der Waals surface area contributed by atoms with E-state index in [0.717, 1.165) is 12.2 Å². The molecule has 2 aromatic heterocycles. The second-order valence-corrected chi connectivity index (χ2v) is 3.74. The van der Waals surface area contributed by atoms with Crippen molar-refractivity contribution in [2.75, 3.05) is 19.0 Å². The lowest BCUT2D eigenvalue weighted by Gasteiger charge is -2.08. The van der Waals surface area contributed by atoms with Crippen LogP contribution in [0, 0.1) is 0 Å². The van der Waals surface area contributed by atoms with Crippen LogP contribution in [0.3, 0.4) is 0 Å². The van der Waals surface area contributed by atoms with E-state index < -0.39 is 0 Å². The molecule has 2 N–H and O–H groups in total. The first-order chi connectivity index (χ1) is 8.72. The molecule has 0 amide bonds. The van der Waals surface area contributed by atoms with Crippen LogP contribution in [0.1, 0.15) is 5.82 Å². The van der Waals surface area contributed by atoms with Crippen molar-refractivity contribution in [3.63, 3.8) is 0 Å². The molecule has 0 aliphatic rings. The molecule has 0 aliphatic heterocycles. The van der Waals surface area contributed by atoms with E-state index in [4.69, 9.17) is 4.74 Å². The Morgan fingerprint density at radius 3 is 3.00 bits per heavy atom.